The number of hydrogen-bond acceptors (Lipinski definition) is 3. The fourth-order valence-electron chi connectivity index (χ4n) is 1.03. The third kappa shape index (κ3) is 2.21. The number of carbonyl (C=O) groups excluding carboxylic acids is 1. The van der Waals surface area contributed by atoms with Crippen LogP contribution in [0.3, 0.4) is 0 Å². The van der Waals surface area contributed by atoms with Crippen LogP contribution in [0.4, 0.5) is 4.39 Å². The Morgan fingerprint density at radius 3 is 2.86 bits per heavy atom. The van der Waals surface area contributed by atoms with Gasteiger partial charge in [0.2, 0.25) is 0 Å². The maximum atomic E-state index is 12.8. The molecule has 5 heteroatoms. The van der Waals surface area contributed by atoms with Gasteiger partial charge in [-0.15, -0.1) is 0 Å². The molecule has 0 aliphatic rings. The summed E-state index contributed by atoms with van der Waals surface area (Å²) in [5.74, 6) is -1.44. The Labute approximate surface area is 85.5 Å². The molecule has 1 aromatic carbocycles. The fraction of sp³-hybridized carbons (Fsp3) is 0.222. The first-order valence-corrected chi connectivity index (χ1v) is 4.30. The van der Waals surface area contributed by atoms with Gasteiger partial charge in [-0.05, 0) is 19.2 Å². The first kappa shape index (κ1) is 10.9. The number of Topliss-reactive ketones (excluding diaryl/α,β-unsaturated/α-hetero) is 1. The molecule has 0 amide bonds. The lowest BCUT2D eigenvalue weighted by molar-refractivity contribution is 0.0990. The van der Waals surface area contributed by atoms with Gasteiger partial charge in [0, 0.05) is 0 Å². The number of benzene rings is 1. The Morgan fingerprint density at radius 2 is 2.29 bits per heavy atom. The first-order chi connectivity index (χ1) is 6.56. The van der Waals surface area contributed by atoms with Crippen LogP contribution in [0, 0.1) is 5.82 Å². The summed E-state index contributed by atoms with van der Waals surface area (Å²) in [4.78, 5) is 11.3. The van der Waals surface area contributed by atoms with E-state index >= 15 is 0 Å². The SMILES string of the molecule is CNCC(=O)c1cc(F)cc(Cl)c1O. The number of phenols is 1. The van der Waals surface area contributed by atoms with Crippen LogP contribution in [0.25, 0.3) is 0 Å². The van der Waals surface area contributed by atoms with Crippen molar-refractivity contribution in [3.8, 4) is 5.75 Å². The molecule has 0 aliphatic carbocycles. The highest BCUT2D eigenvalue weighted by Crippen LogP contribution is 2.28. The van der Waals surface area contributed by atoms with Gasteiger partial charge in [0.1, 0.15) is 11.6 Å². The van der Waals surface area contributed by atoms with Crippen LogP contribution in [-0.2, 0) is 0 Å². The maximum absolute atomic E-state index is 12.8. The molecule has 0 saturated carbocycles. The second-order valence-electron chi connectivity index (χ2n) is 2.74. The Hall–Kier alpha value is -1.13. The summed E-state index contributed by atoms with van der Waals surface area (Å²) < 4.78 is 12.8. The number of rotatable bonds is 3. The van der Waals surface area contributed by atoms with E-state index in [0.29, 0.717) is 0 Å². The highest BCUT2D eigenvalue weighted by atomic mass is 35.5. The van der Waals surface area contributed by atoms with Crippen molar-refractivity contribution in [3.05, 3.63) is 28.5 Å². The Bertz CT molecular complexity index is 368. The van der Waals surface area contributed by atoms with Crippen LogP contribution in [0.5, 0.6) is 5.75 Å². The number of hydrogen-bond donors (Lipinski definition) is 2. The van der Waals surface area contributed by atoms with Crippen molar-refractivity contribution >= 4 is 17.4 Å². The van der Waals surface area contributed by atoms with E-state index in [1.165, 1.54) is 0 Å². The molecule has 0 spiro atoms. The lowest BCUT2D eigenvalue weighted by Crippen LogP contribution is -2.18. The highest BCUT2D eigenvalue weighted by Gasteiger charge is 2.14. The summed E-state index contributed by atoms with van der Waals surface area (Å²) in [5, 5.41) is 11.8. The molecule has 0 saturated heterocycles. The Kier molecular flexibility index (Phi) is 3.43. The monoisotopic (exact) mass is 217 g/mol. The van der Waals surface area contributed by atoms with E-state index in [-0.39, 0.29) is 22.9 Å². The van der Waals surface area contributed by atoms with Crippen molar-refractivity contribution in [2.75, 3.05) is 13.6 Å². The van der Waals surface area contributed by atoms with E-state index in [4.69, 9.17) is 11.6 Å². The summed E-state index contributed by atoms with van der Waals surface area (Å²) in [6.07, 6.45) is 0. The summed E-state index contributed by atoms with van der Waals surface area (Å²) in [6.45, 7) is 0.0212. The Morgan fingerprint density at radius 1 is 1.64 bits per heavy atom. The quantitative estimate of drug-likeness (QED) is 0.756. The third-order valence-electron chi connectivity index (χ3n) is 1.67. The van der Waals surface area contributed by atoms with Crippen molar-refractivity contribution < 1.29 is 14.3 Å². The fourth-order valence-corrected chi connectivity index (χ4v) is 1.24. The van der Waals surface area contributed by atoms with E-state index < -0.39 is 11.6 Å². The van der Waals surface area contributed by atoms with Crippen molar-refractivity contribution in [1.29, 1.82) is 0 Å². The minimum absolute atomic E-state index is 0.0212. The zero-order valence-corrected chi connectivity index (χ0v) is 8.23. The molecule has 2 N–H and O–H groups in total. The van der Waals surface area contributed by atoms with Crippen LogP contribution in [0.1, 0.15) is 10.4 Å². The average Bonchev–Trinajstić information content (AvgIpc) is 2.11. The second kappa shape index (κ2) is 4.39. The number of nitrogens with one attached hydrogen (secondary N) is 1. The van der Waals surface area contributed by atoms with E-state index in [2.05, 4.69) is 5.32 Å². The molecule has 0 unspecified atom stereocenters. The standard InChI is InChI=1S/C9H9ClFNO2/c1-12-4-8(13)6-2-5(11)3-7(10)9(6)14/h2-3,12,14H,4H2,1H3. The minimum Gasteiger partial charge on any atom is -0.506 e. The van der Waals surface area contributed by atoms with Crippen molar-refractivity contribution in [2.24, 2.45) is 0 Å². The van der Waals surface area contributed by atoms with E-state index in [1.54, 1.807) is 7.05 Å². The first-order valence-electron chi connectivity index (χ1n) is 3.92. The number of halogens is 2. The van der Waals surface area contributed by atoms with Gasteiger partial charge < -0.3 is 10.4 Å². The predicted octanol–water partition coefficient (Wildman–Crippen LogP) is 1.59. The van der Waals surface area contributed by atoms with Gasteiger partial charge >= 0.3 is 0 Å². The van der Waals surface area contributed by atoms with Gasteiger partial charge in [-0.25, -0.2) is 4.39 Å². The molecule has 0 heterocycles. The molecule has 0 radical (unpaired) electrons. The zero-order chi connectivity index (χ0) is 10.7. The molecular weight excluding hydrogens is 209 g/mol. The smallest absolute Gasteiger partial charge is 0.180 e. The second-order valence-corrected chi connectivity index (χ2v) is 3.14. The molecule has 0 fully saturated rings. The van der Waals surface area contributed by atoms with Gasteiger partial charge in [-0.1, -0.05) is 11.6 Å². The van der Waals surface area contributed by atoms with Gasteiger partial charge in [0.05, 0.1) is 17.1 Å². The van der Waals surface area contributed by atoms with Gasteiger partial charge in [-0.3, -0.25) is 4.79 Å². The van der Waals surface area contributed by atoms with Crippen LogP contribution >= 0.6 is 11.6 Å². The lowest BCUT2D eigenvalue weighted by atomic mass is 10.1. The van der Waals surface area contributed by atoms with Crippen LogP contribution < -0.4 is 5.32 Å². The predicted molar refractivity (Wildman–Crippen MR) is 51.3 cm³/mol. The van der Waals surface area contributed by atoms with Crippen LogP contribution in [-0.4, -0.2) is 24.5 Å². The number of aromatic hydroxyl groups is 1. The number of phenolic OH excluding ortho intramolecular Hbond substituents is 1. The zero-order valence-electron chi connectivity index (χ0n) is 7.47. The van der Waals surface area contributed by atoms with Gasteiger partial charge in [0.25, 0.3) is 0 Å². The van der Waals surface area contributed by atoms with E-state index in [0.717, 1.165) is 12.1 Å². The van der Waals surface area contributed by atoms with Gasteiger partial charge in [0.15, 0.2) is 5.78 Å². The highest BCUT2D eigenvalue weighted by molar-refractivity contribution is 6.32. The summed E-state index contributed by atoms with van der Waals surface area (Å²) in [5.41, 5.74) is -0.107. The average molecular weight is 218 g/mol. The molecule has 0 atom stereocenters. The summed E-state index contributed by atoms with van der Waals surface area (Å²) in [7, 11) is 1.58. The van der Waals surface area contributed by atoms with Crippen LogP contribution in [0.2, 0.25) is 5.02 Å². The third-order valence-corrected chi connectivity index (χ3v) is 1.95. The largest absolute Gasteiger partial charge is 0.506 e. The molecule has 0 bridgehead atoms. The number of likely N-dealkylation sites (N-methyl/N-ethyl adjacent to an activating group) is 1. The maximum Gasteiger partial charge on any atom is 0.180 e. The van der Waals surface area contributed by atoms with Gasteiger partial charge in [-0.2, -0.15) is 0 Å². The van der Waals surface area contributed by atoms with E-state index in [9.17, 15) is 14.3 Å². The molecule has 1 aromatic rings. The normalized spacial score (nSPS) is 10.2. The number of ketones is 1. The topological polar surface area (TPSA) is 49.3 Å². The molecule has 1 rings (SSSR count). The number of carbonyl (C=O) groups is 1. The molecule has 14 heavy (non-hydrogen) atoms. The molecule has 76 valence electrons. The molecular formula is C9H9ClFNO2. The van der Waals surface area contributed by atoms with E-state index in [1.807, 2.05) is 0 Å². The van der Waals surface area contributed by atoms with Crippen LogP contribution in [0.15, 0.2) is 12.1 Å². The molecule has 0 aliphatic heterocycles. The lowest BCUT2D eigenvalue weighted by Gasteiger charge is -2.05. The van der Waals surface area contributed by atoms with Crippen molar-refractivity contribution in [2.45, 2.75) is 0 Å². The van der Waals surface area contributed by atoms with Crippen molar-refractivity contribution in [1.82, 2.24) is 5.32 Å². The summed E-state index contributed by atoms with van der Waals surface area (Å²) in [6, 6.07) is 1.91. The summed E-state index contributed by atoms with van der Waals surface area (Å²) >= 11 is 5.50. The minimum atomic E-state index is -0.646. The Balaban J connectivity index is 3.13. The molecule has 3 nitrogen and oxygen atoms in total. The van der Waals surface area contributed by atoms with Crippen molar-refractivity contribution in [3.63, 3.8) is 0 Å². The molecule has 0 aromatic heterocycles.